The molecule has 5 heteroatoms. The van der Waals surface area contributed by atoms with E-state index < -0.39 is 5.97 Å². The van der Waals surface area contributed by atoms with E-state index in [1.807, 2.05) is 10.8 Å². The van der Waals surface area contributed by atoms with Gasteiger partial charge in [0.15, 0.2) is 0 Å². The SMILES string of the molecule is CC(C)(C)c1cnc2n1CC(C(=O)O)CN2. The smallest absolute Gasteiger partial charge is 0.310 e. The van der Waals surface area contributed by atoms with Crippen LogP contribution >= 0.6 is 0 Å². The molecule has 0 saturated carbocycles. The maximum Gasteiger partial charge on any atom is 0.310 e. The van der Waals surface area contributed by atoms with Gasteiger partial charge in [-0.25, -0.2) is 4.98 Å². The van der Waals surface area contributed by atoms with E-state index in [2.05, 4.69) is 31.1 Å². The van der Waals surface area contributed by atoms with Gasteiger partial charge in [-0.2, -0.15) is 0 Å². The van der Waals surface area contributed by atoms with Crippen LogP contribution in [-0.2, 0) is 16.8 Å². The van der Waals surface area contributed by atoms with E-state index in [-0.39, 0.29) is 11.3 Å². The summed E-state index contributed by atoms with van der Waals surface area (Å²) in [4.78, 5) is 15.2. The summed E-state index contributed by atoms with van der Waals surface area (Å²) in [5.74, 6) is -0.350. The van der Waals surface area contributed by atoms with Gasteiger partial charge >= 0.3 is 5.97 Å². The molecule has 2 N–H and O–H groups in total. The molecule has 0 aliphatic carbocycles. The van der Waals surface area contributed by atoms with Crippen LogP contribution in [0.25, 0.3) is 0 Å². The molecular formula is C11H17N3O2. The van der Waals surface area contributed by atoms with Crippen LogP contribution in [0, 0.1) is 5.92 Å². The van der Waals surface area contributed by atoms with Crippen molar-refractivity contribution in [3.8, 4) is 0 Å². The average molecular weight is 223 g/mol. The van der Waals surface area contributed by atoms with Crippen LogP contribution < -0.4 is 5.32 Å². The van der Waals surface area contributed by atoms with Gasteiger partial charge < -0.3 is 15.0 Å². The molecule has 0 bridgehead atoms. The molecule has 16 heavy (non-hydrogen) atoms. The molecule has 1 aromatic rings. The molecule has 88 valence electrons. The first-order chi connectivity index (χ1) is 7.39. The van der Waals surface area contributed by atoms with Crippen LogP contribution in [0.2, 0.25) is 0 Å². The average Bonchev–Trinajstić information content (AvgIpc) is 2.58. The van der Waals surface area contributed by atoms with E-state index in [1.54, 1.807) is 0 Å². The number of nitrogens with zero attached hydrogens (tertiary/aromatic N) is 2. The zero-order chi connectivity index (χ0) is 11.9. The predicted octanol–water partition coefficient (Wildman–Crippen LogP) is 1.31. The van der Waals surface area contributed by atoms with E-state index >= 15 is 0 Å². The van der Waals surface area contributed by atoms with Gasteiger partial charge in [0.25, 0.3) is 0 Å². The van der Waals surface area contributed by atoms with Crippen LogP contribution in [-0.4, -0.2) is 27.2 Å². The highest BCUT2D eigenvalue weighted by Crippen LogP contribution is 2.28. The summed E-state index contributed by atoms with van der Waals surface area (Å²) in [7, 11) is 0. The minimum Gasteiger partial charge on any atom is -0.481 e. The van der Waals surface area contributed by atoms with Crippen LogP contribution in [0.1, 0.15) is 26.5 Å². The molecule has 0 fully saturated rings. The van der Waals surface area contributed by atoms with E-state index in [1.165, 1.54) is 0 Å². The topological polar surface area (TPSA) is 67.2 Å². The summed E-state index contributed by atoms with van der Waals surface area (Å²) < 4.78 is 1.97. The third-order valence-electron chi connectivity index (χ3n) is 2.88. The Morgan fingerprint density at radius 1 is 1.62 bits per heavy atom. The normalized spacial score (nSPS) is 20.1. The second-order valence-corrected chi connectivity index (χ2v) is 5.24. The lowest BCUT2D eigenvalue weighted by Gasteiger charge is -2.27. The van der Waals surface area contributed by atoms with Crippen molar-refractivity contribution in [3.63, 3.8) is 0 Å². The Morgan fingerprint density at radius 2 is 2.31 bits per heavy atom. The Labute approximate surface area is 94.5 Å². The fourth-order valence-electron chi connectivity index (χ4n) is 1.97. The van der Waals surface area contributed by atoms with Gasteiger partial charge in [-0.15, -0.1) is 0 Å². The highest BCUT2D eigenvalue weighted by molar-refractivity contribution is 5.71. The number of carboxylic acid groups (broad SMARTS) is 1. The molecule has 1 atom stereocenters. The zero-order valence-corrected chi connectivity index (χ0v) is 9.82. The largest absolute Gasteiger partial charge is 0.481 e. The van der Waals surface area contributed by atoms with Gasteiger partial charge in [0.2, 0.25) is 5.95 Å². The van der Waals surface area contributed by atoms with Crippen molar-refractivity contribution in [1.29, 1.82) is 0 Å². The Bertz CT molecular complexity index is 417. The van der Waals surface area contributed by atoms with E-state index in [4.69, 9.17) is 5.11 Å². The van der Waals surface area contributed by atoms with Crippen LogP contribution in [0.4, 0.5) is 5.95 Å². The number of fused-ring (bicyclic) bond motifs is 1. The quantitative estimate of drug-likeness (QED) is 0.753. The summed E-state index contributed by atoms with van der Waals surface area (Å²) in [5.41, 5.74) is 1.05. The molecule has 0 aromatic carbocycles. The summed E-state index contributed by atoms with van der Waals surface area (Å²) in [6, 6.07) is 0. The van der Waals surface area contributed by atoms with Gasteiger partial charge in [0.1, 0.15) is 0 Å². The highest BCUT2D eigenvalue weighted by Gasteiger charge is 2.29. The number of aliphatic carboxylic acids is 1. The maximum atomic E-state index is 11.0. The van der Waals surface area contributed by atoms with Gasteiger partial charge in [-0.3, -0.25) is 4.79 Å². The minimum absolute atomic E-state index is 0.0205. The van der Waals surface area contributed by atoms with Crippen molar-refractivity contribution in [2.45, 2.75) is 32.7 Å². The summed E-state index contributed by atoms with van der Waals surface area (Å²) in [6.07, 6.45) is 1.83. The molecule has 0 amide bonds. The first-order valence-corrected chi connectivity index (χ1v) is 5.42. The Kier molecular flexibility index (Phi) is 2.40. The molecule has 0 spiro atoms. The number of carboxylic acids is 1. The first kappa shape index (κ1) is 11.0. The molecule has 2 rings (SSSR count). The Hall–Kier alpha value is -1.52. The third-order valence-corrected chi connectivity index (χ3v) is 2.88. The van der Waals surface area contributed by atoms with Crippen molar-refractivity contribution >= 4 is 11.9 Å². The molecule has 2 heterocycles. The van der Waals surface area contributed by atoms with Crippen molar-refractivity contribution in [2.75, 3.05) is 11.9 Å². The van der Waals surface area contributed by atoms with Gasteiger partial charge in [-0.1, -0.05) is 20.8 Å². The number of imidazole rings is 1. The van der Waals surface area contributed by atoms with Gasteiger partial charge in [0, 0.05) is 24.2 Å². The fourth-order valence-corrected chi connectivity index (χ4v) is 1.97. The lowest BCUT2D eigenvalue weighted by atomic mass is 9.92. The van der Waals surface area contributed by atoms with Crippen molar-refractivity contribution < 1.29 is 9.90 Å². The monoisotopic (exact) mass is 223 g/mol. The molecular weight excluding hydrogens is 206 g/mol. The summed E-state index contributed by atoms with van der Waals surface area (Å²) >= 11 is 0. The minimum atomic E-state index is -0.758. The summed E-state index contributed by atoms with van der Waals surface area (Å²) in [6.45, 7) is 7.26. The number of carbonyl (C=O) groups is 1. The number of rotatable bonds is 1. The number of hydrogen-bond donors (Lipinski definition) is 2. The molecule has 0 radical (unpaired) electrons. The van der Waals surface area contributed by atoms with Crippen molar-refractivity contribution in [1.82, 2.24) is 9.55 Å². The highest BCUT2D eigenvalue weighted by atomic mass is 16.4. The number of nitrogens with one attached hydrogen (secondary N) is 1. The fraction of sp³-hybridized carbons (Fsp3) is 0.636. The zero-order valence-electron chi connectivity index (χ0n) is 9.82. The molecule has 1 unspecified atom stereocenters. The number of anilines is 1. The molecule has 1 aliphatic heterocycles. The number of aromatic nitrogens is 2. The van der Waals surface area contributed by atoms with E-state index in [0.29, 0.717) is 13.1 Å². The van der Waals surface area contributed by atoms with Crippen LogP contribution in [0.5, 0.6) is 0 Å². The lowest BCUT2D eigenvalue weighted by Crippen LogP contribution is -2.35. The Balaban J connectivity index is 2.35. The van der Waals surface area contributed by atoms with Crippen molar-refractivity contribution in [3.05, 3.63) is 11.9 Å². The van der Waals surface area contributed by atoms with Gasteiger partial charge in [-0.05, 0) is 0 Å². The Morgan fingerprint density at radius 3 is 2.88 bits per heavy atom. The van der Waals surface area contributed by atoms with Crippen molar-refractivity contribution in [2.24, 2.45) is 5.92 Å². The molecule has 1 aromatic heterocycles. The predicted molar refractivity (Wildman–Crippen MR) is 60.5 cm³/mol. The van der Waals surface area contributed by atoms with E-state index in [9.17, 15) is 4.79 Å². The number of hydrogen-bond acceptors (Lipinski definition) is 3. The van der Waals surface area contributed by atoms with E-state index in [0.717, 1.165) is 11.6 Å². The standard InChI is InChI=1S/C11H17N3O2/c1-11(2,3)8-5-13-10-12-4-7(9(15)16)6-14(8)10/h5,7H,4,6H2,1-3H3,(H,12,13)(H,15,16). The second-order valence-electron chi connectivity index (χ2n) is 5.24. The summed E-state index contributed by atoms with van der Waals surface area (Å²) in [5, 5.41) is 12.1. The molecule has 0 saturated heterocycles. The molecule has 5 nitrogen and oxygen atoms in total. The van der Waals surface area contributed by atoms with Crippen LogP contribution in [0.3, 0.4) is 0 Å². The maximum absolute atomic E-state index is 11.0. The van der Waals surface area contributed by atoms with Gasteiger partial charge in [0.05, 0.1) is 12.1 Å². The lowest BCUT2D eigenvalue weighted by molar-refractivity contribution is -0.141. The second kappa shape index (κ2) is 3.50. The first-order valence-electron chi connectivity index (χ1n) is 5.42. The van der Waals surface area contributed by atoms with Crippen LogP contribution in [0.15, 0.2) is 6.20 Å². The third kappa shape index (κ3) is 1.77. The molecule has 1 aliphatic rings.